The normalized spacial score (nSPS) is 14.1. The number of aryl methyl sites for hydroxylation is 2. The number of imidazole rings is 1. The third kappa shape index (κ3) is 2.49. The second-order valence-electron chi connectivity index (χ2n) is 4.46. The molecular formula is C13H13N3O2S. The second kappa shape index (κ2) is 5.05. The molecule has 0 unspecified atom stereocenters. The van der Waals surface area contributed by atoms with Crippen LogP contribution in [0.3, 0.4) is 0 Å². The highest BCUT2D eigenvalue weighted by Gasteiger charge is 2.20. The van der Waals surface area contributed by atoms with Crippen LogP contribution in [0, 0.1) is 0 Å². The van der Waals surface area contributed by atoms with Crippen molar-refractivity contribution >= 4 is 17.7 Å². The summed E-state index contributed by atoms with van der Waals surface area (Å²) >= 11 is 1.26. The lowest BCUT2D eigenvalue weighted by atomic mass is 9.95. The first kappa shape index (κ1) is 12.2. The van der Waals surface area contributed by atoms with Gasteiger partial charge in [0.15, 0.2) is 5.16 Å². The van der Waals surface area contributed by atoms with E-state index in [4.69, 9.17) is 0 Å². The fraction of sp³-hybridized carbons (Fsp3) is 0.308. The summed E-state index contributed by atoms with van der Waals surface area (Å²) in [6.45, 7) is 0. The molecule has 1 aliphatic rings. The van der Waals surface area contributed by atoms with Crippen LogP contribution < -0.4 is 0 Å². The van der Waals surface area contributed by atoms with Crippen LogP contribution >= 0.6 is 11.8 Å². The number of H-pyrrole nitrogens is 1. The van der Waals surface area contributed by atoms with Crippen molar-refractivity contribution in [1.29, 1.82) is 0 Å². The van der Waals surface area contributed by atoms with Crippen LogP contribution in [0.1, 0.15) is 34.5 Å². The monoisotopic (exact) mass is 275 g/mol. The van der Waals surface area contributed by atoms with Crippen LogP contribution in [0.4, 0.5) is 0 Å². The fourth-order valence-corrected chi connectivity index (χ4v) is 3.08. The zero-order valence-corrected chi connectivity index (χ0v) is 11.0. The predicted octanol–water partition coefficient (Wildman–Crippen LogP) is 2.53. The summed E-state index contributed by atoms with van der Waals surface area (Å²) in [6.07, 6.45) is 7.44. The molecule has 6 heteroatoms. The van der Waals surface area contributed by atoms with Crippen molar-refractivity contribution in [2.45, 2.75) is 35.9 Å². The van der Waals surface area contributed by atoms with Gasteiger partial charge in [0.1, 0.15) is 5.03 Å². The average Bonchev–Trinajstić information content (AvgIpc) is 2.90. The number of fused-ring (bicyclic) bond motifs is 1. The number of hydrogen-bond donors (Lipinski definition) is 2. The van der Waals surface area contributed by atoms with E-state index in [0.717, 1.165) is 36.9 Å². The molecule has 0 saturated carbocycles. The molecule has 19 heavy (non-hydrogen) atoms. The molecule has 2 aromatic rings. The number of hydrogen-bond acceptors (Lipinski definition) is 4. The van der Waals surface area contributed by atoms with Crippen LogP contribution in [0.15, 0.2) is 28.6 Å². The molecule has 2 N–H and O–H groups in total. The number of aromatic amines is 1. The molecule has 1 aliphatic carbocycles. The van der Waals surface area contributed by atoms with Gasteiger partial charge < -0.3 is 10.1 Å². The molecule has 0 aliphatic heterocycles. The van der Waals surface area contributed by atoms with E-state index in [-0.39, 0.29) is 5.56 Å². The van der Waals surface area contributed by atoms with Gasteiger partial charge in [-0.3, -0.25) is 0 Å². The highest BCUT2D eigenvalue weighted by atomic mass is 32.2. The lowest BCUT2D eigenvalue weighted by molar-refractivity contribution is 0.0692. The minimum absolute atomic E-state index is 0.266. The first-order valence-corrected chi connectivity index (χ1v) is 6.99. The van der Waals surface area contributed by atoms with Crippen molar-refractivity contribution in [3.05, 3.63) is 35.3 Å². The van der Waals surface area contributed by atoms with E-state index in [2.05, 4.69) is 15.0 Å². The lowest BCUT2D eigenvalue weighted by Gasteiger charge is -2.16. The van der Waals surface area contributed by atoms with Crippen molar-refractivity contribution in [2.24, 2.45) is 0 Å². The van der Waals surface area contributed by atoms with Gasteiger partial charge in [-0.2, -0.15) is 0 Å². The van der Waals surface area contributed by atoms with Gasteiger partial charge in [0.2, 0.25) is 0 Å². The molecule has 0 aromatic carbocycles. The molecule has 0 amide bonds. The third-order valence-corrected chi connectivity index (χ3v) is 4.08. The SMILES string of the molecule is O=C(O)c1cc2c(nc1Sc1ncc[nH]1)CCCC2. The number of carbonyl (C=O) groups is 1. The van der Waals surface area contributed by atoms with Gasteiger partial charge in [-0.15, -0.1) is 0 Å². The number of carboxylic acid groups (broad SMARTS) is 1. The zero-order valence-electron chi connectivity index (χ0n) is 10.2. The lowest BCUT2D eigenvalue weighted by Crippen LogP contribution is -2.10. The first-order valence-electron chi connectivity index (χ1n) is 6.17. The van der Waals surface area contributed by atoms with Gasteiger partial charge in [-0.05, 0) is 49.1 Å². The molecule has 0 atom stereocenters. The van der Waals surface area contributed by atoms with Crippen LogP contribution in [0.25, 0.3) is 0 Å². The molecule has 0 saturated heterocycles. The summed E-state index contributed by atoms with van der Waals surface area (Å²) in [5.41, 5.74) is 2.37. The Labute approximate surface area is 114 Å². The van der Waals surface area contributed by atoms with Gasteiger partial charge in [0.05, 0.1) is 5.56 Å². The van der Waals surface area contributed by atoms with Crippen LogP contribution in [-0.2, 0) is 12.8 Å². The molecule has 98 valence electrons. The maximum Gasteiger partial charge on any atom is 0.338 e. The Balaban J connectivity index is 2.03. The minimum atomic E-state index is -0.935. The van der Waals surface area contributed by atoms with Gasteiger partial charge >= 0.3 is 5.97 Å². The van der Waals surface area contributed by atoms with E-state index < -0.39 is 5.97 Å². The zero-order chi connectivity index (χ0) is 13.2. The number of rotatable bonds is 3. The maximum absolute atomic E-state index is 11.4. The number of carboxylic acids is 1. The van der Waals surface area contributed by atoms with Crippen LogP contribution in [0.2, 0.25) is 0 Å². The van der Waals surface area contributed by atoms with E-state index in [1.807, 2.05) is 0 Å². The molecule has 3 rings (SSSR count). The quantitative estimate of drug-likeness (QED) is 0.900. The van der Waals surface area contributed by atoms with Gasteiger partial charge in [-0.25, -0.2) is 14.8 Å². The number of aromatic nitrogens is 3. The summed E-state index contributed by atoms with van der Waals surface area (Å²) in [7, 11) is 0. The number of nitrogens with zero attached hydrogens (tertiary/aromatic N) is 2. The van der Waals surface area contributed by atoms with E-state index in [0.29, 0.717) is 10.2 Å². The molecule has 2 heterocycles. The second-order valence-corrected chi connectivity index (χ2v) is 5.43. The predicted molar refractivity (Wildman–Crippen MR) is 70.5 cm³/mol. The molecular weight excluding hydrogens is 262 g/mol. The number of nitrogens with one attached hydrogen (secondary N) is 1. The Morgan fingerprint density at radius 1 is 1.37 bits per heavy atom. The minimum Gasteiger partial charge on any atom is -0.478 e. The van der Waals surface area contributed by atoms with Crippen molar-refractivity contribution in [3.8, 4) is 0 Å². The van der Waals surface area contributed by atoms with Crippen molar-refractivity contribution in [2.75, 3.05) is 0 Å². The molecule has 5 nitrogen and oxygen atoms in total. The Bertz CT molecular complexity index is 611. The topological polar surface area (TPSA) is 78.9 Å². The van der Waals surface area contributed by atoms with Crippen LogP contribution in [0.5, 0.6) is 0 Å². The van der Waals surface area contributed by atoms with E-state index in [9.17, 15) is 9.90 Å². The summed E-state index contributed by atoms with van der Waals surface area (Å²) in [5.74, 6) is -0.935. The van der Waals surface area contributed by atoms with Gasteiger partial charge in [0.25, 0.3) is 0 Å². The molecule has 0 bridgehead atoms. The van der Waals surface area contributed by atoms with Gasteiger partial charge in [0, 0.05) is 18.1 Å². The number of aromatic carboxylic acids is 1. The Morgan fingerprint density at radius 2 is 2.21 bits per heavy atom. The first-order chi connectivity index (χ1) is 9.24. The Morgan fingerprint density at radius 3 is 2.95 bits per heavy atom. The number of pyridine rings is 1. The molecule has 0 spiro atoms. The van der Waals surface area contributed by atoms with Gasteiger partial charge in [-0.1, -0.05) is 0 Å². The Kier molecular flexibility index (Phi) is 3.25. The molecule has 2 aromatic heterocycles. The summed E-state index contributed by atoms with van der Waals surface area (Å²) < 4.78 is 0. The van der Waals surface area contributed by atoms with E-state index in [1.54, 1.807) is 18.5 Å². The highest BCUT2D eigenvalue weighted by Crippen LogP contribution is 2.30. The molecule has 0 radical (unpaired) electrons. The molecule has 0 fully saturated rings. The van der Waals surface area contributed by atoms with Crippen molar-refractivity contribution < 1.29 is 9.90 Å². The van der Waals surface area contributed by atoms with Crippen molar-refractivity contribution in [3.63, 3.8) is 0 Å². The third-order valence-electron chi connectivity index (χ3n) is 3.16. The largest absolute Gasteiger partial charge is 0.478 e. The summed E-state index contributed by atoms with van der Waals surface area (Å²) in [6, 6.07) is 1.77. The standard InChI is InChI=1S/C13H13N3O2S/c17-12(18)9-7-8-3-1-2-4-10(8)16-11(9)19-13-14-5-6-15-13/h5-7H,1-4H2,(H,14,15)(H,17,18). The van der Waals surface area contributed by atoms with Crippen LogP contribution in [-0.4, -0.2) is 26.0 Å². The maximum atomic E-state index is 11.4. The summed E-state index contributed by atoms with van der Waals surface area (Å²) in [5, 5.41) is 10.5. The highest BCUT2D eigenvalue weighted by molar-refractivity contribution is 7.99. The smallest absolute Gasteiger partial charge is 0.338 e. The van der Waals surface area contributed by atoms with E-state index in [1.165, 1.54) is 11.8 Å². The fourth-order valence-electron chi connectivity index (χ4n) is 2.24. The average molecular weight is 275 g/mol. The van der Waals surface area contributed by atoms with E-state index >= 15 is 0 Å². The Hall–Kier alpha value is -1.82. The summed E-state index contributed by atoms with van der Waals surface area (Å²) in [4.78, 5) is 22.9. The van der Waals surface area contributed by atoms with Crippen molar-refractivity contribution in [1.82, 2.24) is 15.0 Å².